The fourth-order valence-corrected chi connectivity index (χ4v) is 4.80. The van der Waals surface area contributed by atoms with Crippen LogP contribution in [0.3, 0.4) is 0 Å². The number of hydrogen-bond acceptors (Lipinski definition) is 5. The highest BCUT2D eigenvalue weighted by Gasteiger charge is 2.11. The summed E-state index contributed by atoms with van der Waals surface area (Å²) in [5, 5.41) is 4.13. The number of aromatic nitrogens is 3. The Labute approximate surface area is 201 Å². The van der Waals surface area contributed by atoms with Gasteiger partial charge in [-0.25, -0.2) is 4.98 Å². The van der Waals surface area contributed by atoms with Crippen LogP contribution in [-0.2, 0) is 13.0 Å². The summed E-state index contributed by atoms with van der Waals surface area (Å²) >= 11 is 3.59. The number of benzene rings is 2. The Balaban J connectivity index is 1.37. The second-order valence-corrected chi connectivity index (χ2v) is 9.21. The highest BCUT2D eigenvalue weighted by atomic mass is 79.9. The van der Waals surface area contributed by atoms with Gasteiger partial charge in [-0.3, -0.25) is 9.36 Å². The zero-order chi connectivity index (χ0) is 22.6. The van der Waals surface area contributed by atoms with Gasteiger partial charge >= 0.3 is 0 Å². The van der Waals surface area contributed by atoms with E-state index in [9.17, 15) is 4.79 Å². The minimum atomic E-state index is -0.0647. The van der Waals surface area contributed by atoms with E-state index in [4.69, 9.17) is 4.98 Å². The van der Waals surface area contributed by atoms with Gasteiger partial charge in [0.1, 0.15) is 5.65 Å². The van der Waals surface area contributed by atoms with Crippen molar-refractivity contribution >= 4 is 44.3 Å². The van der Waals surface area contributed by atoms with Gasteiger partial charge in [-0.05, 0) is 67.6 Å². The minimum Gasteiger partial charge on any atom is -0.372 e. The molecule has 1 aliphatic rings. The number of piperidine rings is 1. The second kappa shape index (κ2) is 9.75. The third-order valence-corrected chi connectivity index (χ3v) is 6.90. The molecule has 0 saturated carbocycles. The third kappa shape index (κ3) is 4.93. The fourth-order valence-electron chi connectivity index (χ4n) is 4.32. The van der Waals surface area contributed by atoms with E-state index >= 15 is 0 Å². The van der Waals surface area contributed by atoms with Gasteiger partial charge in [0.05, 0.1) is 0 Å². The Morgan fingerprint density at radius 1 is 0.939 bits per heavy atom. The monoisotopic (exact) mass is 503 g/mol. The van der Waals surface area contributed by atoms with Crippen molar-refractivity contribution in [3.8, 4) is 0 Å². The van der Waals surface area contributed by atoms with E-state index in [1.807, 2.05) is 18.2 Å². The molecule has 1 fully saturated rings. The molecule has 4 aromatic rings. The molecule has 1 N–H and O–H groups in total. The molecular weight excluding hydrogens is 478 g/mol. The molecule has 0 unspecified atom stereocenters. The van der Waals surface area contributed by atoms with Crippen molar-refractivity contribution in [3.05, 3.63) is 87.3 Å². The van der Waals surface area contributed by atoms with Crippen LogP contribution in [0.1, 0.15) is 24.8 Å². The van der Waals surface area contributed by atoms with Crippen molar-refractivity contribution in [2.24, 2.45) is 0 Å². The number of nitrogens with zero attached hydrogens (tertiary/aromatic N) is 4. The quantitative estimate of drug-likeness (QED) is 0.374. The average Bonchev–Trinajstić information content (AvgIpc) is 2.85. The first-order valence-electron chi connectivity index (χ1n) is 11.4. The van der Waals surface area contributed by atoms with Crippen molar-refractivity contribution in [2.45, 2.75) is 32.2 Å². The fraction of sp³-hybridized carbons (Fsp3) is 0.269. The Hall–Kier alpha value is -3.19. The normalized spacial score (nSPS) is 13.9. The summed E-state index contributed by atoms with van der Waals surface area (Å²) in [5.74, 6) is 0.480. The first-order chi connectivity index (χ1) is 16.2. The lowest BCUT2D eigenvalue weighted by Gasteiger charge is -2.28. The standard InChI is InChI=1S/C26H26BrN5O/c27-23-7-3-2-6-19(23)14-17-32-24(33)13-8-20-18-28-26(30-25(20)32)29-21-9-11-22(12-10-21)31-15-4-1-5-16-31/h2-3,6-13,18H,1,4-5,14-17H2,(H,28,29,30). The largest absolute Gasteiger partial charge is 0.372 e. The summed E-state index contributed by atoms with van der Waals surface area (Å²) in [6.45, 7) is 2.79. The van der Waals surface area contributed by atoms with E-state index in [0.29, 0.717) is 18.1 Å². The van der Waals surface area contributed by atoms with Gasteiger partial charge in [0.25, 0.3) is 5.56 Å². The van der Waals surface area contributed by atoms with Crippen LogP contribution in [0.5, 0.6) is 0 Å². The summed E-state index contributed by atoms with van der Waals surface area (Å²) in [6, 6.07) is 19.8. The van der Waals surface area contributed by atoms with E-state index in [2.05, 4.69) is 61.5 Å². The van der Waals surface area contributed by atoms with Crippen molar-refractivity contribution in [1.82, 2.24) is 14.5 Å². The molecule has 5 rings (SSSR count). The van der Waals surface area contributed by atoms with Crippen molar-refractivity contribution in [1.29, 1.82) is 0 Å². The molecule has 0 amide bonds. The summed E-state index contributed by atoms with van der Waals surface area (Å²) in [7, 11) is 0. The number of anilines is 3. The van der Waals surface area contributed by atoms with E-state index < -0.39 is 0 Å². The maximum absolute atomic E-state index is 12.7. The topological polar surface area (TPSA) is 63.1 Å². The van der Waals surface area contributed by atoms with Crippen LogP contribution >= 0.6 is 15.9 Å². The number of pyridine rings is 1. The molecule has 7 heteroatoms. The number of aryl methyl sites for hydroxylation is 2. The molecule has 0 bridgehead atoms. The van der Waals surface area contributed by atoms with Crippen LogP contribution in [0.15, 0.2) is 76.1 Å². The zero-order valence-electron chi connectivity index (χ0n) is 18.4. The van der Waals surface area contributed by atoms with Crippen LogP contribution in [0.4, 0.5) is 17.3 Å². The lowest BCUT2D eigenvalue weighted by molar-refractivity contribution is 0.578. The Morgan fingerprint density at radius 3 is 2.52 bits per heavy atom. The summed E-state index contributed by atoms with van der Waals surface area (Å²) in [5.41, 5.74) is 3.90. The molecule has 0 aliphatic carbocycles. The molecule has 2 aromatic heterocycles. The van der Waals surface area contributed by atoms with Crippen molar-refractivity contribution < 1.29 is 0 Å². The van der Waals surface area contributed by atoms with E-state index in [-0.39, 0.29) is 5.56 Å². The smallest absolute Gasteiger partial charge is 0.252 e. The predicted molar refractivity (Wildman–Crippen MR) is 137 cm³/mol. The van der Waals surface area contributed by atoms with Gasteiger partial charge in [-0.2, -0.15) is 4.98 Å². The molecule has 33 heavy (non-hydrogen) atoms. The molecule has 0 radical (unpaired) electrons. The minimum absolute atomic E-state index is 0.0647. The second-order valence-electron chi connectivity index (χ2n) is 8.36. The number of fused-ring (bicyclic) bond motifs is 1. The van der Waals surface area contributed by atoms with Crippen LogP contribution < -0.4 is 15.8 Å². The molecule has 6 nitrogen and oxygen atoms in total. The predicted octanol–water partition coefficient (Wildman–Crippen LogP) is 5.53. The maximum Gasteiger partial charge on any atom is 0.252 e. The van der Waals surface area contributed by atoms with Gasteiger partial charge in [-0.15, -0.1) is 0 Å². The number of halogens is 1. The summed E-state index contributed by atoms with van der Waals surface area (Å²) < 4.78 is 2.77. The first kappa shape index (κ1) is 21.6. The lowest BCUT2D eigenvalue weighted by atomic mass is 10.1. The van der Waals surface area contributed by atoms with Crippen LogP contribution in [0.25, 0.3) is 11.0 Å². The van der Waals surface area contributed by atoms with Gasteiger partial charge < -0.3 is 10.2 Å². The molecule has 168 valence electrons. The third-order valence-electron chi connectivity index (χ3n) is 6.13. The molecule has 0 spiro atoms. The van der Waals surface area contributed by atoms with E-state index in [1.165, 1.54) is 24.9 Å². The zero-order valence-corrected chi connectivity index (χ0v) is 20.0. The molecular formula is C26H26BrN5O. The van der Waals surface area contributed by atoms with Gasteiger partial charge in [0.2, 0.25) is 5.95 Å². The Morgan fingerprint density at radius 2 is 1.73 bits per heavy atom. The van der Waals surface area contributed by atoms with Crippen molar-refractivity contribution in [2.75, 3.05) is 23.3 Å². The van der Waals surface area contributed by atoms with Gasteiger partial charge in [-0.1, -0.05) is 34.1 Å². The lowest BCUT2D eigenvalue weighted by Crippen LogP contribution is -2.29. The van der Waals surface area contributed by atoms with Gasteiger partial charge in [0, 0.05) is 53.1 Å². The highest BCUT2D eigenvalue weighted by Crippen LogP contribution is 2.23. The summed E-state index contributed by atoms with van der Waals surface area (Å²) in [4.78, 5) is 24.3. The van der Waals surface area contributed by atoms with E-state index in [0.717, 1.165) is 40.6 Å². The summed E-state index contributed by atoms with van der Waals surface area (Å²) in [6.07, 6.45) is 6.33. The van der Waals surface area contributed by atoms with Crippen LogP contribution in [0.2, 0.25) is 0 Å². The molecule has 0 atom stereocenters. The van der Waals surface area contributed by atoms with Gasteiger partial charge in [0.15, 0.2) is 0 Å². The Kier molecular flexibility index (Phi) is 6.39. The van der Waals surface area contributed by atoms with Crippen LogP contribution in [0, 0.1) is 0 Å². The first-order valence-corrected chi connectivity index (χ1v) is 12.2. The number of hydrogen-bond donors (Lipinski definition) is 1. The number of nitrogens with one attached hydrogen (secondary N) is 1. The van der Waals surface area contributed by atoms with Crippen molar-refractivity contribution in [3.63, 3.8) is 0 Å². The Bertz CT molecular complexity index is 1310. The molecule has 1 aliphatic heterocycles. The maximum atomic E-state index is 12.7. The average molecular weight is 504 g/mol. The van der Waals surface area contributed by atoms with Crippen LogP contribution in [-0.4, -0.2) is 27.6 Å². The van der Waals surface area contributed by atoms with E-state index in [1.54, 1.807) is 22.9 Å². The highest BCUT2D eigenvalue weighted by molar-refractivity contribution is 9.10. The molecule has 1 saturated heterocycles. The molecule has 3 heterocycles. The SMILES string of the molecule is O=c1ccc2cnc(Nc3ccc(N4CCCCC4)cc3)nc2n1CCc1ccccc1Br. The number of rotatable bonds is 6. The molecule has 2 aromatic carbocycles.